The van der Waals surface area contributed by atoms with Crippen molar-refractivity contribution in [2.75, 3.05) is 11.5 Å². The lowest BCUT2D eigenvalue weighted by atomic mass is 10.2. The molecule has 110 valence electrons. The number of anilines is 1. The van der Waals surface area contributed by atoms with E-state index in [0.717, 1.165) is 24.6 Å². The second kappa shape index (κ2) is 8.13. The van der Waals surface area contributed by atoms with Crippen LogP contribution in [0.5, 0.6) is 0 Å². The van der Waals surface area contributed by atoms with E-state index in [9.17, 15) is 4.79 Å². The number of hydrogen-bond donors (Lipinski definition) is 2. The molecular weight excluding hydrogens is 286 g/mol. The van der Waals surface area contributed by atoms with E-state index in [2.05, 4.69) is 10.3 Å². The summed E-state index contributed by atoms with van der Waals surface area (Å²) in [6.07, 6.45) is 1.75. The quantitative estimate of drug-likeness (QED) is 0.774. The van der Waals surface area contributed by atoms with Crippen molar-refractivity contribution < 1.29 is 4.79 Å². The number of thioether (sulfide) groups is 1. The number of pyridine rings is 1. The van der Waals surface area contributed by atoms with Gasteiger partial charge in [-0.15, -0.1) is 0 Å². The van der Waals surface area contributed by atoms with Crippen LogP contribution in [0.4, 0.5) is 5.82 Å². The average Bonchev–Trinajstić information content (AvgIpc) is 2.50. The maximum atomic E-state index is 11.8. The smallest absolute Gasteiger partial charge is 0.230 e. The fourth-order valence-electron chi connectivity index (χ4n) is 1.69. The summed E-state index contributed by atoms with van der Waals surface area (Å²) in [5.74, 6) is 0.116. The molecule has 1 heterocycles. The van der Waals surface area contributed by atoms with Gasteiger partial charge in [0.25, 0.3) is 0 Å². The summed E-state index contributed by atoms with van der Waals surface area (Å²) < 4.78 is 0. The number of carbonyl (C=O) groups excluding carboxylic acids is 1. The minimum absolute atomic E-state index is 0.0689. The molecule has 6 nitrogen and oxygen atoms in total. The minimum Gasteiger partial charge on any atom is -0.383 e. The summed E-state index contributed by atoms with van der Waals surface area (Å²) >= 11 is 1.14. The van der Waals surface area contributed by atoms with Crippen molar-refractivity contribution in [2.45, 2.75) is 37.8 Å². The van der Waals surface area contributed by atoms with Gasteiger partial charge in [-0.3, -0.25) is 4.79 Å². The highest BCUT2D eigenvalue weighted by molar-refractivity contribution is 8.00. The minimum atomic E-state index is -0.109. The third-order valence-electron chi connectivity index (χ3n) is 2.95. The van der Waals surface area contributed by atoms with Crippen LogP contribution in [0.1, 0.15) is 37.8 Å². The third kappa shape index (κ3) is 4.66. The predicted octanol–water partition coefficient (Wildman–Crippen LogP) is 1.80. The van der Waals surface area contributed by atoms with Crippen LogP contribution in [0.25, 0.3) is 0 Å². The Morgan fingerprint density at radius 2 is 2.00 bits per heavy atom. The van der Waals surface area contributed by atoms with Gasteiger partial charge >= 0.3 is 0 Å². The van der Waals surface area contributed by atoms with Crippen LogP contribution in [-0.2, 0) is 4.79 Å². The molecule has 0 saturated carbocycles. The second-order valence-electron chi connectivity index (χ2n) is 4.37. The fourth-order valence-corrected chi connectivity index (χ4v) is 2.46. The van der Waals surface area contributed by atoms with Crippen LogP contribution in [0.2, 0.25) is 0 Å². The molecule has 0 aliphatic heterocycles. The van der Waals surface area contributed by atoms with Gasteiger partial charge in [0.1, 0.15) is 23.0 Å². The van der Waals surface area contributed by atoms with Gasteiger partial charge in [-0.25, -0.2) is 4.98 Å². The van der Waals surface area contributed by atoms with Crippen molar-refractivity contribution in [2.24, 2.45) is 0 Å². The molecule has 0 fully saturated rings. The predicted molar refractivity (Wildman–Crippen MR) is 81.3 cm³/mol. The summed E-state index contributed by atoms with van der Waals surface area (Å²) in [6, 6.07) is 5.39. The van der Waals surface area contributed by atoms with Crippen LogP contribution in [0.3, 0.4) is 0 Å². The lowest BCUT2D eigenvalue weighted by Crippen LogP contribution is -2.35. The van der Waals surface area contributed by atoms with Crippen molar-refractivity contribution in [3.63, 3.8) is 0 Å². The zero-order chi connectivity index (χ0) is 15.8. The van der Waals surface area contributed by atoms with Crippen molar-refractivity contribution in [1.29, 1.82) is 10.5 Å². The monoisotopic (exact) mass is 303 g/mol. The van der Waals surface area contributed by atoms with Gasteiger partial charge in [-0.05, 0) is 18.9 Å². The summed E-state index contributed by atoms with van der Waals surface area (Å²) in [4.78, 5) is 15.8. The van der Waals surface area contributed by atoms with Gasteiger partial charge in [0.05, 0.1) is 16.9 Å². The summed E-state index contributed by atoms with van der Waals surface area (Å²) in [5, 5.41) is 21.2. The molecule has 1 aromatic heterocycles. The van der Waals surface area contributed by atoms with Crippen molar-refractivity contribution in [3.8, 4) is 12.1 Å². The number of rotatable bonds is 6. The number of nitrogen functional groups attached to an aromatic ring is 1. The molecule has 7 heteroatoms. The Hall–Kier alpha value is -2.25. The number of aromatic nitrogens is 1. The molecule has 21 heavy (non-hydrogen) atoms. The molecular formula is C14H17N5OS. The number of nitrogens with one attached hydrogen (secondary N) is 1. The lowest BCUT2D eigenvalue weighted by molar-refractivity contribution is -0.119. The van der Waals surface area contributed by atoms with Gasteiger partial charge < -0.3 is 11.1 Å². The zero-order valence-corrected chi connectivity index (χ0v) is 12.8. The number of nitrogens with two attached hydrogens (primary N) is 1. The molecule has 0 radical (unpaired) electrons. The SMILES string of the molecule is CCC(CC)NC(=O)CSc1nc(N)c(C#N)cc1C#N. The second-order valence-corrected chi connectivity index (χ2v) is 5.33. The van der Waals surface area contributed by atoms with E-state index < -0.39 is 0 Å². The van der Waals surface area contributed by atoms with Gasteiger partial charge in [0, 0.05) is 6.04 Å². The van der Waals surface area contributed by atoms with E-state index >= 15 is 0 Å². The first-order valence-corrected chi connectivity index (χ1v) is 7.57. The Morgan fingerprint density at radius 1 is 1.38 bits per heavy atom. The number of carbonyl (C=O) groups is 1. The Kier molecular flexibility index (Phi) is 6.51. The highest BCUT2D eigenvalue weighted by atomic mass is 32.2. The lowest BCUT2D eigenvalue weighted by Gasteiger charge is -2.14. The van der Waals surface area contributed by atoms with E-state index in [-0.39, 0.29) is 34.6 Å². The van der Waals surface area contributed by atoms with Crippen LogP contribution in [-0.4, -0.2) is 22.7 Å². The van der Waals surface area contributed by atoms with Crippen LogP contribution < -0.4 is 11.1 Å². The first-order valence-electron chi connectivity index (χ1n) is 6.58. The van der Waals surface area contributed by atoms with E-state index in [0.29, 0.717) is 5.03 Å². The van der Waals surface area contributed by atoms with E-state index in [1.165, 1.54) is 6.07 Å². The Labute approximate surface area is 128 Å². The van der Waals surface area contributed by atoms with E-state index in [1.807, 2.05) is 26.0 Å². The Morgan fingerprint density at radius 3 is 2.52 bits per heavy atom. The third-order valence-corrected chi connectivity index (χ3v) is 3.94. The number of nitrogens with zero attached hydrogens (tertiary/aromatic N) is 3. The molecule has 0 bridgehead atoms. The largest absolute Gasteiger partial charge is 0.383 e. The molecule has 1 amide bonds. The van der Waals surface area contributed by atoms with Crippen LogP contribution in [0.15, 0.2) is 11.1 Å². The van der Waals surface area contributed by atoms with Gasteiger partial charge in [-0.2, -0.15) is 10.5 Å². The average molecular weight is 303 g/mol. The zero-order valence-electron chi connectivity index (χ0n) is 12.0. The van der Waals surface area contributed by atoms with Crippen LogP contribution >= 0.6 is 11.8 Å². The Balaban J connectivity index is 2.76. The topological polar surface area (TPSA) is 116 Å². The maximum absolute atomic E-state index is 11.8. The maximum Gasteiger partial charge on any atom is 0.230 e. The number of hydrogen-bond acceptors (Lipinski definition) is 6. The molecule has 0 atom stereocenters. The van der Waals surface area contributed by atoms with Crippen molar-refractivity contribution >= 4 is 23.5 Å². The summed E-state index contributed by atoms with van der Waals surface area (Å²) in [6.45, 7) is 4.02. The number of nitriles is 2. The Bertz CT molecular complexity index is 599. The summed E-state index contributed by atoms with van der Waals surface area (Å²) in [5.41, 5.74) is 6.04. The van der Waals surface area contributed by atoms with Crippen molar-refractivity contribution in [1.82, 2.24) is 10.3 Å². The van der Waals surface area contributed by atoms with Gasteiger partial charge in [0.2, 0.25) is 5.91 Å². The van der Waals surface area contributed by atoms with Gasteiger partial charge in [-0.1, -0.05) is 25.6 Å². The first kappa shape index (κ1) is 16.8. The van der Waals surface area contributed by atoms with Crippen LogP contribution in [0, 0.1) is 22.7 Å². The summed E-state index contributed by atoms with van der Waals surface area (Å²) in [7, 11) is 0. The van der Waals surface area contributed by atoms with Gasteiger partial charge in [0.15, 0.2) is 0 Å². The molecule has 0 aliphatic carbocycles. The molecule has 0 unspecified atom stereocenters. The standard InChI is InChI=1S/C14H17N5OS/c1-3-11(4-2)18-12(20)8-21-14-10(7-16)5-9(6-15)13(17)19-14/h5,11H,3-4,8H2,1-2H3,(H2,17,19)(H,18,20). The molecule has 0 spiro atoms. The molecule has 1 rings (SSSR count). The molecule has 0 aliphatic rings. The molecule has 0 saturated heterocycles. The highest BCUT2D eigenvalue weighted by Crippen LogP contribution is 2.23. The number of amides is 1. The van der Waals surface area contributed by atoms with Crippen molar-refractivity contribution in [3.05, 3.63) is 17.2 Å². The molecule has 0 aromatic carbocycles. The normalized spacial score (nSPS) is 9.95. The molecule has 3 N–H and O–H groups in total. The first-order chi connectivity index (χ1) is 10.0. The highest BCUT2D eigenvalue weighted by Gasteiger charge is 2.13. The molecule has 1 aromatic rings. The van der Waals surface area contributed by atoms with E-state index in [1.54, 1.807) is 0 Å². The van der Waals surface area contributed by atoms with E-state index in [4.69, 9.17) is 16.3 Å². The fraction of sp³-hybridized carbons (Fsp3) is 0.429.